The minimum atomic E-state index is -0.755. The topological polar surface area (TPSA) is 84.2 Å². The van der Waals surface area contributed by atoms with Crippen LogP contribution in [0.25, 0.3) is 11.1 Å². The van der Waals surface area contributed by atoms with E-state index in [0.29, 0.717) is 6.54 Å². The highest BCUT2D eigenvalue weighted by molar-refractivity contribution is 7.08. The SMILES string of the molecule is CNC(=O)c1nn(CC2(c3cccc(-c4ccsc4)c3)CC2)cc(O)c1=O. The van der Waals surface area contributed by atoms with E-state index in [0.717, 1.165) is 12.8 Å². The molecule has 138 valence electrons. The maximum Gasteiger partial charge on any atom is 0.275 e. The third kappa shape index (κ3) is 3.26. The number of carbonyl (C=O) groups is 1. The van der Waals surface area contributed by atoms with Crippen LogP contribution in [0.15, 0.2) is 52.1 Å². The number of thiophene rings is 1. The molecular formula is C20H19N3O3S. The molecule has 2 N–H and O–H groups in total. The van der Waals surface area contributed by atoms with Gasteiger partial charge in [0.05, 0.1) is 12.7 Å². The first-order valence-corrected chi connectivity index (χ1v) is 9.63. The molecule has 0 spiro atoms. The number of rotatable bonds is 5. The molecule has 0 unspecified atom stereocenters. The Bertz CT molecular complexity index is 1050. The summed E-state index contributed by atoms with van der Waals surface area (Å²) in [5, 5.41) is 20.7. The molecule has 7 heteroatoms. The molecule has 0 radical (unpaired) electrons. The van der Waals surface area contributed by atoms with E-state index in [1.807, 2.05) is 0 Å². The molecule has 2 aromatic heterocycles. The Morgan fingerprint density at radius 1 is 1.33 bits per heavy atom. The fourth-order valence-corrected chi connectivity index (χ4v) is 3.99. The summed E-state index contributed by atoms with van der Waals surface area (Å²) >= 11 is 1.67. The summed E-state index contributed by atoms with van der Waals surface area (Å²) in [6.45, 7) is 0.498. The van der Waals surface area contributed by atoms with E-state index >= 15 is 0 Å². The van der Waals surface area contributed by atoms with E-state index in [4.69, 9.17) is 0 Å². The molecule has 1 fully saturated rings. The molecule has 1 saturated carbocycles. The number of hydrogen-bond acceptors (Lipinski definition) is 5. The Balaban J connectivity index is 1.67. The molecule has 3 aromatic rings. The van der Waals surface area contributed by atoms with Crippen LogP contribution in [-0.2, 0) is 12.0 Å². The Morgan fingerprint density at radius 3 is 2.81 bits per heavy atom. The van der Waals surface area contributed by atoms with Crippen LogP contribution in [0.4, 0.5) is 0 Å². The molecule has 0 bridgehead atoms. The highest BCUT2D eigenvalue weighted by Gasteiger charge is 2.45. The molecule has 1 aliphatic carbocycles. The number of aromatic hydroxyl groups is 1. The molecule has 0 saturated heterocycles. The van der Waals surface area contributed by atoms with Gasteiger partial charge >= 0.3 is 0 Å². The number of aromatic nitrogens is 2. The van der Waals surface area contributed by atoms with E-state index in [9.17, 15) is 14.7 Å². The number of carbonyl (C=O) groups excluding carboxylic acids is 1. The van der Waals surface area contributed by atoms with Crippen molar-refractivity contribution < 1.29 is 9.90 Å². The monoisotopic (exact) mass is 381 g/mol. The lowest BCUT2D eigenvalue weighted by Crippen LogP contribution is -2.30. The van der Waals surface area contributed by atoms with Crippen LogP contribution in [0.5, 0.6) is 5.75 Å². The van der Waals surface area contributed by atoms with Crippen molar-refractivity contribution in [3.8, 4) is 16.9 Å². The zero-order valence-electron chi connectivity index (χ0n) is 14.8. The van der Waals surface area contributed by atoms with Gasteiger partial charge in [0.25, 0.3) is 11.3 Å². The summed E-state index contributed by atoms with van der Waals surface area (Å²) in [6.07, 6.45) is 3.28. The van der Waals surface area contributed by atoms with Crippen molar-refractivity contribution in [2.45, 2.75) is 24.8 Å². The quantitative estimate of drug-likeness (QED) is 0.712. The third-order valence-corrected chi connectivity index (χ3v) is 5.72. The van der Waals surface area contributed by atoms with Gasteiger partial charge < -0.3 is 10.4 Å². The highest BCUT2D eigenvalue weighted by Crippen LogP contribution is 2.50. The Hall–Kier alpha value is -2.93. The van der Waals surface area contributed by atoms with Crippen molar-refractivity contribution in [2.24, 2.45) is 0 Å². The summed E-state index contributed by atoms with van der Waals surface area (Å²) in [5.74, 6) is -1.07. The summed E-state index contributed by atoms with van der Waals surface area (Å²) in [5.41, 5.74) is 2.42. The summed E-state index contributed by atoms with van der Waals surface area (Å²) in [6, 6.07) is 10.5. The van der Waals surface area contributed by atoms with Crippen LogP contribution >= 0.6 is 11.3 Å². The van der Waals surface area contributed by atoms with E-state index in [-0.39, 0.29) is 11.1 Å². The lowest BCUT2D eigenvalue weighted by atomic mass is 9.93. The van der Waals surface area contributed by atoms with Crippen LogP contribution < -0.4 is 10.7 Å². The Labute approximate surface area is 160 Å². The minimum absolute atomic E-state index is 0.0967. The minimum Gasteiger partial charge on any atom is -0.503 e. The van der Waals surface area contributed by atoms with Crippen LogP contribution in [0, 0.1) is 0 Å². The van der Waals surface area contributed by atoms with Gasteiger partial charge in [-0.15, -0.1) is 0 Å². The Morgan fingerprint density at radius 2 is 2.15 bits per heavy atom. The largest absolute Gasteiger partial charge is 0.503 e. The highest BCUT2D eigenvalue weighted by atomic mass is 32.1. The van der Waals surface area contributed by atoms with Gasteiger partial charge in [-0.25, -0.2) is 0 Å². The van der Waals surface area contributed by atoms with Gasteiger partial charge in [-0.05, 0) is 46.4 Å². The van der Waals surface area contributed by atoms with Crippen LogP contribution in [0.2, 0.25) is 0 Å². The Kier molecular flexibility index (Phi) is 4.31. The summed E-state index contributed by atoms with van der Waals surface area (Å²) in [7, 11) is 1.43. The van der Waals surface area contributed by atoms with Crippen LogP contribution in [0.3, 0.4) is 0 Å². The molecule has 0 atom stereocenters. The van der Waals surface area contributed by atoms with Crippen molar-refractivity contribution >= 4 is 17.2 Å². The first kappa shape index (κ1) is 17.5. The maximum atomic E-state index is 12.0. The van der Waals surface area contributed by atoms with Crippen molar-refractivity contribution in [2.75, 3.05) is 7.05 Å². The van der Waals surface area contributed by atoms with Gasteiger partial charge in [0.2, 0.25) is 0 Å². The molecule has 2 heterocycles. The standard InChI is InChI=1S/C20H19N3O3S/c1-21-19(26)17-18(25)16(24)10-23(22-17)12-20(6-7-20)15-4-2-3-13(9-15)14-5-8-27-11-14/h2-5,8-11,24H,6-7,12H2,1H3,(H,21,26). The summed E-state index contributed by atoms with van der Waals surface area (Å²) < 4.78 is 1.51. The van der Waals surface area contributed by atoms with Gasteiger partial charge in [0, 0.05) is 12.5 Å². The number of benzene rings is 1. The van der Waals surface area contributed by atoms with E-state index in [2.05, 4.69) is 51.5 Å². The third-order valence-electron chi connectivity index (χ3n) is 5.04. The van der Waals surface area contributed by atoms with Crippen molar-refractivity contribution in [3.05, 3.63) is 68.8 Å². The molecule has 0 aliphatic heterocycles. The van der Waals surface area contributed by atoms with Crippen molar-refractivity contribution in [1.82, 2.24) is 15.1 Å². The first-order chi connectivity index (χ1) is 13.0. The molecule has 1 aromatic carbocycles. The van der Waals surface area contributed by atoms with E-state index < -0.39 is 17.1 Å². The number of amides is 1. The molecule has 4 rings (SSSR count). The average Bonchev–Trinajstić information content (AvgIpc) is 3.25. The zero-order chi connectivity index (χ0) is 19.0. The number of nitrogens with one attached hydrogen (secondary N) is 1. The lowest BCUT2D eigenvalue weighted by Gasteiger charge is -2.18. The maximum absolute atomic E-state index is 12.0. The predicted molar refractivity (Wildman–Crippen MR) is 104 cm³/mol. The first-order valence-electron chi connectivity index (χ1n) is 8.68. The molecular weight excluding hydrogens is 362 g/mol. The molecule has 1 amide bonds. The molecule has 1 aliphatic rings. The van der Waals surface area contributed by atoms with Gasteiger partial charge in [-0.1, -0.05) is 24.3 Å². The molecule has 27 heavy (non-hydrogen) atoms. The van der Waals surface area contributed by atoms with E-state index in [1.54, 1.807) is 11.3 Å². The summed E-state index contributed by atoms with van der Waals surface area (Å²) in [4.78, 5) is 23.8. The fraction of sp³-hybridized carbons (Fsp3) is 0.250. The van der Waals surface area contributed by atoms with Gasteiger partial charge in [-0.3, -0.25) is 14.3 Å². The smallest absolute Gasteiger partial charge is 0.275 e. The second-order valence-electron chi connectivity index (χ2n) is 6.84. The lowest BCUT2D eigenvalue weighted by molar-refractivity contribution is 0.0953. The number of nitrogens with zero attached hydrogens (tertiary/aromatic N) is 2. The predicted octanol–water partition coefficient (Wildman–Crippen LogP) is 2.77. The average molecular weight is 381 g/mol. The van der Waals surface area contributed by atoms with Crippen molar-refractivity contribution in [3.63, 3.8) is 0 Å². The second kappa shape index (κ2) is 6.66. The van der Waals surface area contributed by atoms with Gasteiger partial charge in [-0.2, -0.15) is 16.4 Å². The van der Waals surface area contributed by atoms with Crippen LogP contribution in [-0.4, -0.2) is 27.8 Å². The van der Waals surface area contributed by atoms with Crippen LogP contribution in [0.1, 0.15) is 28.9 Å². The number of hydrogen-bond donors (Lipinski definition) is 2. The van der Waals surface area contributed by atoms with Gasteiger partial charge in [0.15, 0.2) is 11.4 Å². The van der Waals surface area contributed by atoms with Crippen molar-refractivity contribution in [1.29, 1.82) is 0 Å². The zero-order valence-corrected chi connectivity index (χ0v) is 15.6. The fourth-order valence-electron chi connectivity index (χ4n) is 3.33. The normalized spacial score (nSPS) is 14.7. The van der Waals surface area contributed by atoms with Gasteiger partial charge in [0.1, 0.15) is 0 Å². The second-order valence-corrected chi connectivity index (χ2v) is 7.62. The molecule has 6 nitrogen and oxygen atoms in total. The van der Waals surface area contributed by atoms with E-state index in [1.165, 1.54) is 34.6 Å².